The predicted molar refractivity (Wildman–Crippen MR) is 103 cm³/mol. The average Bonchev–Trinajstić information content (AvgIpc) is 3.08. The molecule has 1 fully saturated rings. The van der Waals surface area contributed by atoms with Gasteiger partial charge in [-0.25, -0.2) is 0 Å². The molecule has 1 aliphatic heterocycles. The van der Waals surface area contributed by atoms with Crippen LogP contribution in [0.25, 0.3) is 0 Å². The lowest BCUT2D eigenvalue weighted by atomic mass is 10.1. The van der Waals surface area contributed by atoms with Crippen molar-refractivity contribution in [3.05, 3.63) is 68.7 Å². The number of anilines is 1. The number of benzene rings is 2. The zero-order valence-corrected chi connectivity index (χ0v) is 16.1. The molecule has 28 heavy (non-hydrogen) atoms. The Balaban J connectivity index is 1.58. The molecule has 9 heteroatoms. The molecule has 1 heterocycles. The Morgan fingerprint density at radius 3 is 2.39 bits per heavy atom. The summed E-state index contributed by atoms with van der Waals surface area (Å²) in [5, 5.41) is 10.7. The number of amides is 1. The molecule has 0 saturated carbocycles. The number of hydrogen-bond acceptors (Lipinski definition) is 6. The van der Waals surface area contributed by atoms with Crippen LogP contribution in [0, 0.1) is 16.0 Å². The van der Waals surface area contributed by atoms with Gasteiger partial charge in [0, 0.05) is 40.8 Å². The second kappa shape index (κ2) is 8.30. The van der Waals surface area contributed by atoms with E-state index < -0.39 is 23.4 Å². The van der Waals surface area contributed by atoms with Crippen LogP contribution < -0.4 is 4.90 Å². The lowest BCUT2D eigenvalue weighted by molar-refractivity contribution is -0.384. The third kappa shape index (κ3) is 4.42. The number of halogens is 1. The number of rotatable bonds is 6. The molecule has 8 nitrogen and oxygen atoms in total. The molecule has 0 radical (unpaired) electrons. The lowest BCUT2D eigenvalue weighted by Crippen LogP contribution is -2.27. The zero-order valence-electron chi connectivity index (χ0n) is 14.5. The van der Waals surface area contributed by atoms with Gasteiger partial charge in [-0.1, -0.05) is 28.1 Å². The zero-order chi connectivity index (χ0) is 20.3. The van der Waals surface area contributed by atoms with Gasteiger partial charge in [-0.05, 0) is 24.3 Å². The molecule has 144 valence electrons. The molecule has 0 aromatic heterocycles. The number of nitro groups is 1. The Morgan fingerprint density at radius 2 is 1.79 bits per heavy atom. The predicted octanol–water partition coefficient (Wildman–Crippen LogP) is 3.14. The van der Waals surface area contributed by atoms with Crippen molar-refractivity contribution in [2.75, 3.05) is 18.1 Å². The van der Waals surface area contributed by atoms with E-state index in [4.69, 9.17) is 4.74 Å². The van der Waals surface area contributed by atoms with E-state index in [-0.39, 0.29) is 30.3 Å². The number of ketones is 1. The van der Waals surface area contributed by atoms with Gasteiger partial charge in [0.2, 0.25) is 5.91 Å². The second-order valence-electron chi connectivity index (χ2n) is 6.22. The first-order valence-corrected chi connectivity index (χ1v) is 9.14. The monoisotopic (exact) mass is 446 g/mol. The van der Waals surface area contributed by atoms with Crippen molar-refractivity contribution in [3.8, 4) is 0 Å². The summed E-state index contributed by atoms with van der Waals surface area (Å²) >= 11 is 3.28. The van der Waals surface area contributed by atoms with Crippen molar-refractivity contribution in [1.29, 1.82) is 0 Å². The van der Waals surface area contributed by atoms with Crippen LogP contribution in [0.3, 0.4) is 0 Å². The maximum atomic E-state index is 12.3. The standard InChI is InChI=1S/C19H15BrN2O6/c20-14-3-1-12(2-4-14)17(23)11-28-19(25)13-9-18(24)21(10-13)15-5-7-16(8-6-15)22(26)27/h1-8,13H,9-11H2/t13-/m0/s1. The summed E-state index contributed by atoms with van der Waals surface area (Å²) in [6.07, 6.45) is -0.0394. The van der Waals surface area contributed by atoms with E-state index in [9.17, 15) is 24.5 Å². The Labute approximate surface area is 168 Å². The SMILES string of the molecule is O=C(COC(=O)[C@H]1CC(=O)N(c2ccc([N+](=O)[O-])cc2)C1)c1ccc(Br)cc1. The van der Waals surface area contributed by atoms with Crippen molar-refractivity contribution >= 4 is 45.0 Å². The minimum atomic E-state index is -0.694. The molecule has 0 aliphatic carbocycles. The Morgan fingerprint density at radius 1 is 1.14 bits per heavy atom. The van der Waals surface area contributed by atoms with Crippen molar-refractivity contribution in [1.82, 2.24) is 0 Å². The highest BCUT2D eigenvalue weighted by Crippen LogP contribution is 2.27. The average molecular weight is 447 g/mol. The van der Waals surface area contributed by atoms with Crippen LogP contribution in [-0.4, -0.2) is 35.7 Å². The van der Waals surface area contributed by atoms with E-state index in [1.165, 1.54) is 29.2 Å². The summed E-state index contributed by atoms with van der Waals surface area (Å²) < 4.78 is 5.92. The Hall–Kier alpha value is -3.07. The number of hydrogen-bond donors (Lipinski definition) is 0. The first-order chi connectivity index (χ1) is 13.3. The third-order valence-corrected chi connectivity index (χ3v) is 4.87. The first-order valence-electron chi connectivity index (χ1n) is 8.35. The van der Waals surface area contributed by atoms with Crippen LogP contribution in [0.15, 0.2) is 53.0 Å². The molecule has 0 spiro atoms. The van der Waals surface area contributed by atoms with Crippen molar-refractivity contribution in [3.63, 3.8) is 0 Å². The molecule has 1 amide bonds. The Kier molecular flexibility index (Phi) is 5.84. The van der Waals surface area contributed by atoms with E-state index in [0.717, 1.165) is 4.47 Å². The fourth-order valence-corrected chi connectivity index (χ4v) is 3.11. The number of carbonyl (C=O) groups is 3. The van der Waals surface area contributed by atoms with Crippen molar-refractivity contribution < 1.29 is 24.0 Å². The molecule has 0 N–H and O–H groups in total. The summed E-state index contributed by atoms with van der Waals surface area (Å²) in [5.74, 6) is -1.93. The van der Waals surface area contributed by atoms with Crippen LogP contribution in [0.2, 0.25) is 0 Å². The second-order valence-corrected chi connectivity index (χ2v) is 7.13. The molecule has 0 bridgehead atoms. The number of Topliss-reactive ketones (excluding diaryl/α,β-unsaturated/α-hetero) is 1. The van der Waals surface area contributed by atoms with E-state index >= 15 is 0 Å². The van der Waals surface area contributed by atoms with Crippen LogP contribution in [-0.2, 0) is 14.3 Å². The van der Waals surface area contributed by atoms with E-state index in [0.29, 0.717) is 11.3 Å². The van der Waals surface area contributed by atoms with Gasteiger partial charge in [-0.2, -0.15) is 0 Å². The van der Waals surface area contributed by atoms with E-state index in [1.807, 2.05) is 0 Å². The normalized spacial score (nSPS) is 16.1. The minimum Gasteiger partial charge on any atom is -0.457 e. The highest BCUT2D eigenvalue weighted by Gasteiger charge is 2.36. The summed E-state index contributed by atoms with van der Waals surface area (Å²) in [6, 6.07) is 12.2. The van der Waals surface area contributed by atoms with Gasteiger partial charge in [-0.3, -0.25) is 24.5 Å². The highest BCUT2D eigenvalue weighted by molar-refractivity contribution is 9.10. The Bertz CT molecular complexity index is 926. The summed E-state index contributed by atoms with van der Waals surface area (Å²) in [5.41, 5.74) is 0.806. The number of ether oxygens (including phenoxy) is 1. The van der Waals surface area contributed by atoms with Gasteiger partial charge in [0.15, 0.2) is 12.4 Å². The highest BCUT2D eigenvalue weighted by atomic mass is 79.9. The van der Waals surface area contributed by atoms with Crippen molar-refractivity contribution in [2.24, 2.45) is 5.92 Å². The van der Waals surface area contributed by atoms with Crippen molar-refractivity contribution in [2.45, 2.75) is 6.42 Å². The number of nitro benzene ring substituents is 1. The van der Waals surface area contributed by atoms with Gasteiger partial charge in [-0.15, -0.1) is 0 Å². The fourth-order valence-electron chi connectivity index (χ4n) is 2.84. The molecule has 1 aliphatic rings. The third-order valence-electron chi connectivity index (χ3n) is 4.34. The smallest absolute Gasteiger partial charge is 0.311 e. The van der Waals surface area contributed by atoms with Gasteiger partial charge in [0.1, 0.15) is 0 Å². The largest absolute Gasteiger partial charge is 0.457 e. The van der Waals surface area contributed by atoms with E-state index in [2.05, 4.69) is 15.9 Å². The molecular formula is C19H15BrN2O6. The number of carbonyl (C=O) groups excluding carboxylic acids is 3. The van der Waals surface area contributed by atoms with Gasteiger partial charge in [0.25, 0.3) is 5.69 Å². The number of esters is 1. The first kappa shape index (κ1) is 19.7. The van der Waals surface area contributed by atoms with Gasteiger partial charge in [0.05, 0.1) is 10.8 Å². The van der Waals surface area contributed by atoms with Gasteiger partial charge < -0.3 is 9.64 Å². The topological polar surface area (TPSA) is 107 Å². The molecule has 1 atom stereocenters. The lowest BCUT2D eigenvalue weighted by Gasteiger charge is -2.16. The molecular weight excluding hydrogens is 432 g/mol. The summed E-state index contributed by atoms with van der Waals surface area (Å²) in [7, 11) is 0. The summed E-state index contributed by atoms with van der Waals surface area (Å²) in [4.78, 5) is 48.1. The summed E-state index contributed by atoms with van der Waals surface area (Å²) in [6.45, 7) is -0.301. The van der Waals surface area contributed by atoms with Crippen LogP contribution in [0.4, 0.5) is 11.4 Å². The van der Waals surface area contributed by atoms with Gasteiger partial charge >= 0.3 is 5.97 Å². The van der Waals surface area contributed by atoms with Crippen LogP contribution in [0.1, 0.15) is 16.8 Å². The molecule has 1 saturated heterocycles. The van der Waals surface area contributed by atoms with Crippen LogP contribution in [0.5, 0.6) is 0 Å². The fraction of sp³-hybridized carbons (Fsp3) is 0.211. The van der Waals surface area contributed by atoms with Crippen LogP contribution >= 0.6 is 15.9 Å². The molecule has 2 aromatic rings. The molecule has 3 rings (SSSR count). The number of nitrogens with zero attached hydrogens (tertiary/aromatic N) is 2. The molecule has 2 aromatic carbocycles. The minimum absolute atomic E-state index is 0.0394. The van der Waals surface area contributed by atoms with E-state index in [1.54, 1.807) is 24.3 Å². The maximum absolute atomic E-state index is 12.3. The number of non-ortho nitro benzene ring substituents is 1. The molecule has 0 unspecified atom stereocenters. The quantitative estimate of drug-likeness (QED) is 0.292. The maximum Gasteiger partial charge on any atom is 0.311 e.